The Labute approximate surface area is 63.4 Å². The summed E-state index contributed by atoms with van der Waals surface area (Å²) in [7, 11) is 0. The van der Waals surface area contributed by atoms with Crippen LogP contribution >= 0.6 is 0 Å². The van der Waals surface area contributed by atoms with Gasteiger partial charge in [0.15, 0.2) is 0 Å². The highest BCUT2D eigenvalue weighted by Crippen LogP contribution is 2.19. The van der Waals surface area contributed by atoms with Crippen LogP contribution in [-0.2, 0) is 11.1 Å². The summed E-state index contributed by atoms with van der Waals surface area (Å²) in [6, 6.07) is 7.44. The van der Waals surface area contributed by atoms with Crippen molar-refractivity contribution in [3.05, 3.63) is 24.3 Å². The summed E-state index contributed by atoms with van der Waals surface area (Å²) in [5, 5.41) is 0. The maximum absolute atomic E-state index is 5.57. The van der Waals surface area contributed by atoms with E-state index in [9.17, 15) is 0 Å². The minimum absolute atomic E-state index is 0.693. The highest BCUT2D eigenvalue weighted by atomic mass is 32.1. The molecule has 10 heavy (non-hydrogen) atoms. The molecule has 0 aliphatic heterocycles. The zero-order valence-electron chi connectivity index (χ0n) is 5.45. The van der Waals surface area contributed by atoms with Gasteiger partial charge in [-0.3, -0.25) is 0 Å². The molecule has 0 atom stereocenters. The van der Waals surface area contributed by atoms with Crippen molar-refractivity contribution in [2.75, 3.05) is 5.73 Å². The average molecular weight is 152 g/mol. The fourth-order valence-corrected chi connectivity index (χ4v) is 0.946. The van der Waals surface area contributed by atoms with E-state index in [1.165, 1.54) is 0 Å². The van der Waals surface area contributed by atoms with Gasteiger partial charge in [0.1, 0.15) is 0 Å². The van der Waals surface area contributed by atoms with Crippen molar-refractivity contribution in [1.82, 2.24) is 0 Å². The standard InChI is InChI=1S/C7H8N2S/c1-10-9-7-5-3-2-4-6(7)8/h2-5H,1,8H2. The molecule has 0 aliphatic rings. The van der Waals surface area contributed by atoms with E-state index in [1.54, 1.807) is 0 Å². The summed E-state index contributed by atoms with van der Waals surface area (Å²) in [6.07, 6.45) is 0. The number of hydrogen-bond acceptors (Lipinski definition) is 2. The van der Waals surface area contributed by atoms with Crippen molar-refractivity contribution in [2.24, 2.45) is 4.36 Å². The Hall–Kier alpha value is -1.09. The molecule has 1 rings (SSSR count). The van der Waals surface area contributed by atoms with Crippen LogP contribution < -0.4 is 5.73 Å². The van der Waals surface area contributed by atoms with Crippen molar-refractivity contribution >= 4 is 28.4 Å². The second-order valence-corrected chi connectivity index (χ2v) is 2.22. The summed E-state index contributed by atoms with van der Waals surface area (Å²) in [4.78, 5) is 0. The third-order valence-electron chi connectivity index (χ3n) is 1.10. The first-order valence-electron chi connectivity index (χ1n) is 2.81. The maximum atomic E-state index is 5.57. The molecule has 0 spiro atoms. The van der Waals surface area contributed by atoms with Gasteiger partial charge in [-0.1, -0.05) is 23.3 Å². The van der Waals surface area contributed by atoms with Crippen LogP contribution in [0.2, 0.25) is 0 Å². The van der Waals surface area contributed by atoms with Crippen molar-refractivity contribution in [2.45, 2.75) is 0 Å². The van der Waals surface area contributed by atoms with Crippen molar-refractivity contribution < 1.29 is 0 Å². The summed E-state index contributed by atoms with van der Waals surface area (Å²) < 4.78 is 3.99. The van der Waals surface area contributed by atoms with E-state index in [0.717, 1.165) is 16.8 Å². The number of nitrogens with two attached hydrogens (primary N) is 1. The van der Waals surface area contributed by atoms with Crippen LogP contribution in [0.15, 0.2) is 28.6 Å². The molecule has 0 radical (unpaired) electrons. The van der Waals surface area contributed by atoms with E-state index in [4.69, 9.17) is 5.73 Å². The van der Waals surface area contributed by atoms with Gasteiger partial charge in [-0.2, -0.15) is 4.36 Å². The van der Waals surface area contributed by atoms with Crippen LogP contribution in [0.1, 0.15) is 0 Å². The molecule has 0 heterocycles. The molecular formula is C7H8N2S. The molecule has 3 heteroatoms. The van der Waals surface area contributed by atoms with Crippen molar-refractivity contribution in [3.63, 3.8) is 0 Å². The smallest absolute Gasteiger partial charge is 0.0988 e. The average Bonchev–Trinajstić information content (AvgIpc) is 1.94. The second kappa shape index (κ2) is 3.17. The molecular weight excluding hydrogens is 144 g/mol. The summed E-state index contributed by atoms with van der Waals surface area (Å²) in [5.74, 6) is 3.52. The fourth-order valence-electron chi connectivity index (χ4n) is 0.640. The molecule has 52 valence electrons. The molecule has 1 aromatic rings. The van der Waals surface area contributed by atoms with Gasteiger partial charge in [0.05, 0.1) is 11.4 Å². The first kappa shape index (κ1) is 7.02. The van der Waals surface area contributed by atoms with E-state index in [1.807, 2.05) is 24.3 Å². The Morgan fingerprint density at radius 1 is 1.40 bits per heavy atom. The SMILES string of the molecule is C=S=Nc1ccccc1N. The molecule has 0 fully saturated rings. The van der Waals surface area contributed by atoms with Crippen LogP contribution in [0, 0.1) is 0 Å². The normalized spacial score (nSPS) is 8.80. The largest absolute Gasteiger partial charge is 0.397 e. The third-order valence-corrected chi connectivity index (χ3v) is 1.43. The maximum Gasteiger partial charge on any atom is 0.0988 e. The van der Waals surface area contributed by atoms with Crippen LogP contribution in [0.3, 0.4) is 0 Å². The van der Waals surface area contributed by atoms with Crippen LogP contribution in [0.25, 0.3) is 0 Å². The minimum Gasteiger partial charge on any atom is -0.397 e. The van der Waals surface area contributed by atoms with Crippen LogP contribution in [0.4, 0.5) is 11.4 Å². The highest BCUT2D eigenvalue weighted by Gasteiger charge is 1.90. The Balaban J connectivity index is 3.14. The van der Waals surface area contributed by atoms with E-state index in [-0.39, 0.29) is 0 Å². The Morgan fingerprint density at radius 3 is 2.70 bits per heavy atom. The number of anilines is 1. The van der Waals surface area contributed by atoms with E-state index >= 15 is 0 Å². The monoisotopic (exact) mass is 152 g/mol. The molecule has 0 saturated carbocycles. The molecule has 2 nitrogen and oxygen atoms in total. The number of nitrogens with zero attached hydrogens (tertiary/aromatic N) is 1. The van der Waals surface area contributed by atoms with Crippen LogP contribution in [0.5, 0.6) is 0 Å². The molecule has 0 bridgehead atoms. The number of hydrogen-bond donors (Lipinski definition) is 1. The number of para-hydroxylation sites is 1. The Bertz CT molecular complexity index is 277. The third kappa shape index (κ3) is 1.45. The lowest BCUT2D eigenvalue weighted by Crippen LogP contribution is -1.82. The Morgan fingerprint density at radius 2 is 2.10 bits per heavy atom. The highest BCUT2D eigenvalue weighted by molar-refractivity contribution is 7.66. The molecule has 1 aromatic carbocycles. The topological polar surface area (TPSA) is 38.4 Å². The molecule has 0 saturated heterocycles. The van der Waals surface area contributed by atoms with Crippen molar-refractivity contribution in [3.8, 4) is 0 Å². The van der Waals surface area contributed by atoms with Crippen molar-refractivity contribution in [1.29, 1.82) is 0 Å². The van der Waals surface area contributed by atoms with E-state index in [0.29, 0.717) is 5.69 Å². The van der Waals surface area contributed by atoms with E-state index in [2.05, 4.69) is 10.2 Å². The zero-order chi connectivity index (χ0) is 7.40. The molecule has 2 N–H and O–H groups in total. The van der Waals surface area contributed by atoms with Gasteiger partial charge >= 0.3 is 0 Å². The second-order valence-electron chi connectivity index (χ2n) is 1.78. The summed E-state index contributed by atoms with van der Waals surface area (Å²) in [5.41, 5.74) is 7.06. The lowest BCUT2D eigenvalue weighted by Gasteiger charge is -1.93. The van der Waals surface area contributed by atoms with Gasteiger partial charge in [-0.05, 0) is 18.0 Å². The van der Waals surface area contributed by atoms with Gasteiger partial charge in [-0.15, -0.1) is 0 Å². The number of benzene rings is 1. The number of rotatable bonds is 1. The predicted molar refractivity (Wildman–Crippen MR) is 47.4 cm³/mol. The van der Waals surface area contributed by atoms with E-state index < -0.39 is 0 Å². The quantitative estimate of drug-likeness (QED) is 0.481. The molecule has 0 unspecified atom stereocenters. The lowest BCUT2D eigenvalue weighted by molar-refractivity contribution is 1.57. The first-order chi connectivity index (χ1) is 4.84. The van der Waals surface area contributed by atoms with Gasteiger partial charge in [0, 0.05) is 0 Å². The summed E-state index contributed by atoms with van der Waals surface area (Å²) >= 11 is 1.16. The zero-order valence-corrected chi connectivity index (χ0v) is 6.27. The first-order valence-corrected chi connectivity index (χ1v) is 3.75. The fraction of sp³-hybridized carbons (Fsp3) is 0. The van der Waals surface area contributed by atoms with Gasteiger partial charge in [-0.25, -0.2) is 0 Å². The van der Waals surface area contributed by atoms with Crippen LogP contribution in [-0.4, -0.2) is 5.87 Å². The lowest BCUT2D eigenvalue weighted by atomic mass is 10.3. The minimum atomic E-state index is 0.693. The molecule has 0 aromatic heterocycles. The van der Waals surface area contributed by atoms with Gasteiger partial charge in [0.25, 0.3) is 0 Å². The van der Waals surface area contributed by atoms with Gasteiger partial charge in [0.2, 0.25) is 0 Å². The summed E-state index contributed by atoms with van der Waals surface area (Å²) in [6.45, 7) is 0. The predicted octanol–water partition coefficient (Wildman–Crippen LogP) is 1.60. The Kier molecular flexibility index (Phi) is 2.23. The molecule has 0 aliphatic carbocycles. The van der Waals surface area contributed by atoms with Gasteiger partial charge < -0.3 is 5.73 Å². The molecule has 0 amide bonds. The number of nitrogen functional groups attached to an aromatic ring is 1.